The first-order valence-corrected chi connectivity index (χ1v) is 8.58. The van der Waals surface area contributed by atoms with Gasteiger partial charge in [-0.15, -0.1) is 10.2 Å². The highest BCUT2D eigenvalue weighted by molar-refractivity contribution is 6.39. The topological polar surface area (TPSA) is 71.3 Å². The third-order valence-corrected chi connectivity index (χ3v) is 4.16. The summed E-state index contributed by atoms with van der Waals surface area (Å²) in [6, 6.07) is 14.5. The number of anilines is 1. The largest absolute Gasteiger partial charge is 0.419 e. The van der Waals surface area contributed by atoms with Crippen LogP contribution >= 0.6 is 23.2 Å². The number of likely N-dealkylation sites (N-methyl/N-ethyl adjacent to an activating group) is 1. The number of carbonyl (C=O) groups excluding carboxylic acids is 1. The van der Waals surface area contributed by atoms with Gasteiger partial charge in [-0.3, -0.25) is 9.69 Å². The summed E-state index contributed by atoms with van der Waals surface area (Å²) in [7, 11) is 1.78. The molecule has 0 saturated carbocycles. The first-order valence-electron chi connectivity index (χ1n) is 7.83. The molecule has 1 N–H and O–H groups in total. The third kappa shape index (κ3) is 4.60. The smallest absolute Gasteiger partial charge is 0.247 e. The summed E-state index contributed by atoms with van der Waals surface area (Å²) in [6.07, 6.45) is 0. The first-order chi connectivity index (χ1) is 12.5. The van der Waals surface area contributed by atoms with Crippen LogP contribution < -0.4 is 5.32 Å². The summed E-state index contributed by atoms with van der Waals surface area (Å²) in [5.41, 5.74) is 1.25. The number of amides is 1. The van der Waals surface area contributed by atoms with E-state index in [-0.39, 0.29) is 12.5 Å². The molecule has 1 heterocycles. The fourth-order valence-electron chi connectivity index (χ4n) is 2.34. The lowest BCUT2D eigenvalue weighted by Crippen LogP contribution is -2.30. The number of para-hydroxylation sites is 1. The molecule has 1 aromatic heterocycles. The van der Waals surface area contributed by atoms with Crippen LogP contribution in [0.25, 0.3) is 11.5 Å². The van der Waals surface area contributed by atoms with Gasteiger partial charge in [-0.1, -0.05) is 47.5 Å². The van der Waals surface area contributed by atoms with E-state index in [4.69, 9.17) is 27.6 Å². The van der Waals surface area contributed by atoms with Crippen LogP contribution in [-0.2, 0) is 11.3 Å². The molecule has 0 unspecified atom stereocenters. The van der Waals surface area contributed by atoms with Crippen LogP contribution in [0.4, 0.5) is 5.69 Å². The summed E-state index contributed by atoms with van der Waals surface area (Å²) in [5.74, 6) is 0.626. The van der Waals surface area contributed by atoms with Crippen molar-refractivity contribution in [2.45, 2.75) is 6.54 Å². The molecule has 2 aromatic carbocycles. The second-order valence-corrected chi connectivity index (χ2v) is 6.50. The van der Waals surface area contributed by atoms with E-state index in [1.165, 1.54) is 0 Å². The summed E-state index contributed by atoms with van der Waals surface area (Å²) in [6.45, 7) is 0.452. The predicted molar refractivity (Wildman–Crippen MR) is 101 cm³/mol. The lowest BCUT2D eigenvalue weighted by molar-refractivity contribution is -0.117. The van der Waals surface area contributed by atoms with E-state index in [9.17, 15) is 4.79 Å². The highest BCUT2D eigenvalue weighted by atomic mass is 35.5. The SMILES string of the molecule is CN(CC(=O)Nc1c(Cl)cccc1Cl)Cc1nnc(-c2ccccc2)o1. The van der Waals surface area contributed by atoms with Gasteiger partial charge in [-0.05, 0) is 31.3 Å². The predicted octanol–water partition coefficient (Wildman–Crippen LogP) is 4.11. The van der Waals surface area contributed by atoms with Crippen molar-refractivity contribution in [3.8, 4) is 11.5 Å². The molecular weight excluding hydrogens is 375 g/mol. The molecule has 0 bridgehead atoms. The Labute approximate surface area is 160 Å². The average molecular weight is 391 g/mol. The first kappa shape index (κ1) is 18.4. The van der Waals surface area contributed by atoms with Gasteiger partial charge in [-0.25, -0.2) is 0 Å². The van der Waals surface area contributed by atoms with Gasteiger partial charge in [0.15, 0.2) is 0 Å². The fourth-order valence-corrected chi connectivity index (χ4v) is 2.83. The van der Waals surface area contributed by atoms with E-state index in [1.54, 1.807) is 30.1 Å². The highest BCUT2D eigenvalue weighted by Crippen LogP contribution is 2.29. The zero-order valence-corrected chi connectivity index (χ0v) is 15.5. The summed E-state index contributed by atoms with van der Waals surface area (Å²) in [5, 5.41) is 11.5. The maximum atomic E-state index is 12.2. The molecule has 6 nitrogen and oxygen atoms in total. The van der Waals surface area contributed by atoms with E-state index < -0.39 is 0 Å². The number of carbonyl (C=O) groups is 1. The molecule has 0 fully saturated rings. The normalized spacial score (nSPS) is 10.9. The molecule has 8 heteroatoms. The second-order valence-electron chi connectivity index (χ2n) is 5.68. The average Bonchev–Trinajstić information content (AvgIpc) is 3.07. The molecule has 0 saturated heterocycles. The van der Waals surface area contributed by atoms with Gasteiger partial charge in [-0.2, -0.15) is 0 Å². The minimum Gasteiger partial charge on any atom is -0.419 e. The van der Waals surface area contributed by atoms with Crippen LogP contribution in [0, 0.1) is 0 Å². The number of hydrogen-bond acceptors (Lipinski definition) is 5. The van der Waals surface area contributed by atoms with Gasteiger partial charge in [0.25, 0.3) is 0 Å². The minimum atomic E-state index is -0.245. The zero-order chi connectivity index (χ0) is 18.5. The summed E-state index contributed by atoms with van der Waals surface area (Å²) >= 11 is 12.1. The Hall–Kier alpha value is -2.41. The quantitative estimate of drug-likeness (QED) is 0.685. The van der Waals surface area contributed by atoms with Crippen LogP contribution in [0.3, 0.4) is 0 Å². The Kier molecular flexibility index (Phi) is 5.88. The number of hydrogen-bond donors (Lipinski definition) is 1. The molecule has 0 atom stereocenters. The molecule has 26 heavy (non-hydrogen) atoms. The number of halogens is 2. The Balaban J connectivity index is 1.58. The molecule has 0 spiro atoms. The van der Waals surface area contributed by atoms with Crippen molar-refractivity contribution in [1.29, 1.82) is 0 Å². The lowest BCUT2D eigenvalue weighted by atomic mass is 10.2. The van der Waals surface area contributed by atoms with Crippen LogP contribution in [0.5, 0.6) is 0 Å². The molecule has 0 aliphatic heterocycles. The molecule has 0 radical (unpaired) electrons. The zero-order valence-electron chi connectivity index (χ0n) is 13.9. The Morgan fingerprint density at radius 2 is 1.77 bits per heavy atom. The Morgan fingerprint density at radius 3 is 2.46 bits per heavy atom. The van der Waals surface area contributed by atoms with Crippen molar-refractivity contribution in [2.75, 3.05) is 18.9 Å². The molecule has 134 valence electrons. The van der Waals surface area contributed by atoms with Crippen LogP contribution in [0.1, 0.15) is 5.89 Å². The van der Waals surface area contributed by atoms with Gasteiger partial charge < -0.3 is 9.73 Å². The van der Waals surface area contributed by atoms with Crippen molar-refractivity contribution >= 4 is 34.8 Å². The highest BCUT2D eigenvalue weighted by Gasteiger charge is 2.14. The Morgan fingerprint density at radius 1 is 1.08 bits per heavy atom. The molecule has 3 rings (SSSR count). The molecule has 1 amide bonds. The van der Waals surface area contributed by atoms with E-state index in [0.29, 0.717) is 34.1 Å². The van der Waals surface area contributed by atoms with Crippen molar-refractivity contribution in [3.05, 3.63) is 64.5 Å². The van der Waals surface area contributed by atoms with E-state index in [2.05, 4.69) is 15.5 Å². The van der Waals surface area contributed by atoms with Gasteiger partial charge in [0, 0.05) is 5.56 Å². The van der Waals surface area contributed by atoms with E-state index in [1.807, 2.05) is 30.3 Å². The lowest BCUT2D eigenvalue weighted by Gasteiger charge is -2.15. The maximum Gasteiger partial charge on any atom is 0.247 e. The number of nitrogens with zero attached hydrogens (tertiary/aromatic N) is 3. The molecule has 0 aliphatic rings. The molecule has 0 aliphatic carbocycles. The van der Waals surface area contributed by atoms with Crippen molar-refractivity contribution in [2.24, 2.45) is 0 Å². The van der Waals surface area contributed by atoms with Gasteiger partial charge in [0.1, 0.15) is 0 Å². The van der Waals surface area contributed by atoms with Crippen molar-refractivity contribution < 1.29 is 9.21 Å². The van der Waals surface area contributed by atoms with Gasteiger partial charge in [0.2, 0.25) is 17.7 Å². The molecular formula is C18H16Cl2N4O2. The van der Waals surface area contributed by atoms with Crippen LogP contribution in [0.15, 0.2) is 52.9 Å². The number of benzene rings is 2. The van der Waals surface area contributed by atoms with Crippen molar-refractivity contribution in [1.82, 2.24) is 15.1 Å². The summed E-state index contributed by atoms with van der Waals surface area (Å²) < 4.78 is 5.64. The number of rotatable bonds is 6. The summed E-state index contributed by atoms with van der Waals surface area (Å²) in [4.78, 5) is 14.0. The van der Waals surface area contributed by atoms with Crippen LogP contribution in [0.2, 0.25) is 10.0 Å². The minimum absolute atomic E-state index is 0.116. The van der Waals surface area contributed by atoms with Gasteiger partial charge >= 0.3 is 0 Å². The fraction of sp³-hybridized carbons (Fsp3) is 0.167. The third-order valence-electron chi connectivity index (χ3n) is 3.53. The van der Waals surface area contributed by atoms with E-state index >= 15 is 0 Å². The standard InChI is InChI=1S/C18H16Cl2N4O2/c1-24(10-15(25)21-17-13(19)8-5-9-14(17)20)11-16-22-23-18(26-16)12-6-3-2-4-7-12/h2-9H,10-11H2,1H3,(H,21,25). The van der Waals surface area contributed by atoms with Gasteiger partial charge in [0.05, 0.1) is 28.8 Å². The van der Waals surface area contributed by atoms with E-state index in [0.717, 1.165) is 5.56 Å². The number of aromatic nitrogens is 2. The number of nitrogens with one attached hydrogen (secondary N) is 1. The maximum absolute atomic E-state index is 12.2. The monoisotopic (exact) mass is 390 g/mol. The van der Waals surface area contributed by atoms with Crippen LogP contribution in [-0.4, -0.2) is 34.6 Å². The Bertz CT molecular complexity index is 879. The second kappa shape index (κ2) is 8.31. The van der Waals surface area contributed by atoms with Crippen molar-refractivity contribution in [3.63, 3.8) is 0 Å². The molecule has 3 aromatic rings.